The molecule has 1 aliphatic rings. The van der Waals surface area contributed by atoms with Crippen molar-refractivity contribution in [3.05, 3.63) is 63.7 Å². The van der Waals surface area contributed by atoms with Crippen LogP contribution in [0, 0.1) is 10.1 Å². The lowest BCUT2D eigenvalue weighted by atomic mass is 9.95. The molecule has 14 nitrogen and oxygen atoms in total. The summed E-state index contributed by atoms with van der Waals surface area (Å²) in [6.07, 6.45) is -4.57. The molecule has 1 heterocycles. The number of hydrogen-bond donors (Lipinski definition) is 1. The zero-order valence-electron chi connectivity index (χ0n) is 23.9. The Kier molecular flexibility index (Phi) is 11.6. The van der Waals surface area contributed by atoms with E-state index in [9.17, 15) is 24.5 Å². The molecule has 0 radical (unpaired) electrons. The predicted molar refractivity (Wildman–Crippen MR) is 144 cm³/mol. The van der Waals surface area contributed by atoms with E-state index in [1.54, 1.807) is 24.3 Å². The first-order chi connectivity index (χ1) is 20.0. The van der Waals surface area contributed by atoms with Crippen molar-refractivity contribution in [1.82, 2.24) is 5.32 Å². The quantitative estimate of drug-likeness (QED) is 0.156. The topological polar surface area (TPSA) is 171 Å². The highest BCUT2D eigenvalue weighted by Gasteiger charge is 2.50. The summed E-state index contributed by atoms with van der Waals surface area (Å²) in [4.78, 5) is 46.6. The highest BCUT2D eigenvalue weighted by Crippen LogP contribution is 2.30. The molecular weight excluding hydrogens is 556 g/mol. The van der Waals surface area contributed by atoms with Gasteiger partial charge in [-0.2, -0.15) is 0 Å². The molecule has 2 aromatic carbocycles. The summed E-state index contributed by atoms with van der Waals surface area (Å²) >= 11 is 0. The average Bonchev–Trinajstić information content (AvgIpc) is 2.95. The van der Waals surface area contributed by atoms with Gasteiger partial charge >= 0.3 is 17.9 Å². The van der Waals surface area contributed by atoms with Crippen LogP contribution in [0.4, 0.5) is 5.69 Å². The van der Waals surface area contributed by atoms with Crippen LogP contribution in [0.2, 0.25) is 0 Å². The number of nitrogens with zero attached hydrogens (tertiary/aromatic N) is 1. The van der Waals surface area contributed by atoms with E-state index in [0.29, 0.717) is 22.6 Å². The van der Waals surface area contributed by atoms with Gasteiger partial charge in [0.2, 0.25) is 0 Å². The highest BCUT2D eigenvalue weighted by molar-refractivity contribution is 5.68. The zero-order valence-corrected chi connectivity index (χ0v) is 23.9. The third-order valence-corrected chi connectivity index (χ3v) is 6.26. The van der Waals surface area contributed by atoms with Gasteiger partial charge in [-0.15, -0.1) is 0 Å². The SMILES string of the molecule is COc1ccc(CN[C@H]2[C@H](OCc3cccc([N+](=O)[O-])c3)O[C@H](COC(C)=O)[C@@H](OC(C)=O)[C@@H]2OC(C)=O)c(OC)c1. The molecule has 1 saturated heterocycles. The van der Waals surface area contributed by atoms with Gasteiger partial charge in [0.25, 0.3) is 5.69 Å². The van der Waals surface area contributed by atoms with Gasteiger partial charge in [-0.05, 0) is 11.6 Å². The predicted octanol–water partition coefficient (Wildman–Crippen LogP) is 2.44. The van der Waals surface area contributed by atoms with Crippen LogP contribution in [-0.2, 0) is 51.2 Å². The van der Waals surface area contributed by atoms with Crippen molar-refractivity contribution in [1.29, 1.82) is 0 Å². The average molecular weight is 591 g/mol. The van der Waals surface area contributed by atoms with Crippen LogP contribution < -0.4 is 14.8 Å². The van der Waals surface area contributed by atoms with Crippen LogP contribution in [0.25, 0.3) is 0 Å². The van der Waals surface area contributed by atoms with Crippen molar-refractivity contribution < 1.29 is 52.5 Å². The number of nitro groups is 1. The molecule has 1 aliphatic heterocycles. The fourth-order valence-electron chi connectivity index (χ4n) is 4.42. The van der Waals surface area contributed by atoms with E-state index in [0.717, 1.165) is 0 Å². The first-order valence-corrected chi connectivity index (χ1v) is 12.9. The van der Waals surface area contributed by atoms with Crippen LogP contribution in [0.5, 0.6) is 11.5 Å². The molecule has 0 spiro atoms. The Morgan fingerprint density at radius 1 is 0.952 bits per heavy atom. The highest BCUT2D eigenvalue weighted by atomic mass is 16.7. The minimum absolute atomic E-state index is 0.123. The fraction of sp³-hybridized carbons (Fsp3) is 0.464. The van der Waals surface area contributed by atoms with Gasteiger partial charge in [-0.25, -0.2) is 0 Å². The lowest BCUT2D eigenvalue weighted by Crippen LogP contribution is -2.65. The van der Waals surface area contributed by atoms with E-state index < -0.39 is 53.5 Å². The number of non-ortho nitro benzene ring substituents is 1. The number of ether oxygens (including phenoxy) is 7. The summed E-state index contributed by atoms with van der Waals surface area (Å²) in [6.45, 7) is 3.29. The number of methoxy groups -OCH3 is 2. The number of nitro benzene ring substituents is 1. The third kappa shape index (κ3) is 8.86. The normalized spacial score (nSPS) is 21.6. The van der Waals surface area contributed by atoms with E-state index in [1.165, 1.54) is 53.2 Å². The first kappa shape index (κ1) is 32.2. The van der Waals surface area contributed by atoms with E-state index >= 15 is 0 Å². The van der Waals surface area contributed by atoms with Crippen molar-refractivity contribution in [2.45, 2.75) is 64.6 Å². The van der Waals surface area contributed by atoms with Crippen LogP contribution in [0.1, 0.15) is 31.9 Å². The maximum absolute atomic E-state index is 12.2. The molecule has 0 aliphatic carbocycles. The second kappa shape index (κ2) is 15.1. The number of benzene rings is 2. The van der Waals surface area contributed by atoms with E-state index in [4.69, 9.17) is 33.2 Å². The monoisotopic (exact) mass is 590 g/mol. The lowest BCUT2D eigenvalue weighted by molar-refractivity contribution is -0.385. The fourth-order valence-corrected chi connectivity index (χ4v) is 4.42. The molecule has 0 unspecified atom stereocenters. The Morgan fingerprint density at radius 3 is 2.29 bits per heavy atom. The van der Waals surface area contributed by atoms with Gasteiger partial charge in [0, 0.05) is 51.1 Å². The van der Waals surface area contributed by atoms with Crippen LogP contribution >= 0.6 is 0 Å². The molecule has 0 aromatic heterocycles. The number of esters is 3. The van der Waals surface area contributed by atoms with Crippen LogP contribution in [-0.4, -0.2) is 74.3 Å². The van der Waals surface area contributed by atoms with E-state index in [-0.39, 0.29) is 25.4 Å². The Bertz CT molecular complexity index is 1270. The summed E-state index contributed by atoms with van der Waals surface area (Å²) in [5.41, 5.74) is 1.07. The minimum Gasteiger partial charge on any atom is -0.497 e. The Balaban J connectivity index is 1.97. The second-order valence-corrected chi connectivity index (χ2v) is 9.32. The molecule has 42 heavy (non-hydrogen) atoms. The summed E-state index contributed by atoms with van der Waals surface area (Å²) in [7, 11) is 3.03. The standard InChI is InChI=1S/C28H34N2O12/c1-16(31)38-15-24-26(40-17(2)32)27(41-18(3)33)25(29-13-20-9-10-22(36-4)12-23(20)37-5)28(42-24)39-14-19-7-6-8-21(11-19)30(34)35/h6-12,24-29H,13-15H2,1-5H3/t24-,25-,26-,27-,28-/m1/s1. The number of rotatable bonds is 13. The molecule has 1 N–H and O–H groups in total. The van der Waals surface area contributed by atoms with Gasteiger partial charge in [-0.3, -0.25) is 24.5 Å². The van der Waals surface area contributed by atoms with Crippen molar-refractivity contribution >= 4 is 23.6 Å². The number of hydrogen-bond acceptors (Lipinski definition) is 13. The van der Waals surface area contributed by atoms with Gasteiger partial charge in [0.05, 0.1) is 25.7 Å². The van der Waals surface area contributed by atoms with E-state index in [2.05, 4.69) is 5.32 Å². The van der Waals surface area contributed by atoms with Crippen molar-refractivity contribution in [2.24, 2.45) is 0 Å². The second-order valence-electron chi connectivity index (χ2n) is 9.32. The molecule has 0 bridgehead atoms. The van der Waals surface area contributed by atoms with Crippen molar-refractivity contribution in [2.75, 3.05) is 20.8 Å². The van der Waals surface area contributed by atoms with Crippen LogP contribution in [0.15, 0.2) is 42.5 Å². The van der Waals surface area contributed by atoms with Gasteiger partial charge < -0.3 is 38.5 Å². The zero-order chi connectivity index (χ0) is 30.8. The molecule has 14 heteroatoms. The minimum atomic E-state index is -1.18. The Morgan fingerprint density at radius 2 is 1.67 bits per heavy atom. The van der Waals surface area contributed by atoms with Crippen molar-refractivity contribution in [3.8, 4) is 11.5 Å². The molecule has 2 aromatic rings. The first-order valence-electron chi connectivity index (χ1n) is 12.9. The summed E-state index contributed by atoms with van der Waals surface area (Å²) < 4.78 is 39.3. The maximum atomic E-state index is 12.2. The Labute approximate surface area is 242 Å². The maximum Gasteiger partial charge on any atom is 0.303 e. The molecule has 0 saturated carbocycles. The Hall–Kier alpha value is -4.27. The molecule has 1 fully saturated rings. The molecule has 3 rings (SSSR count). The molecule has 228 valence electrons. The largest absolute Gasteiger partial charge is 0.497 e. The number of nitrogens with one attached hydrogen (secondary N) is 1. The number of carbonyl (C=O) groups excluding carboxylic acids is 3. The van der Waals surface area contributed by atoms with Gasteiger partial charge in [0.15, 0.2) is 18.5 Å². The van der Waals surface area contributed by atoms with Crippen LogP contribution in [0.3, 0.4) is 0 Å². The number of carbonyl (C=O) groups is 3. The van der Waals surface area contributed by atoms with Gasteiger partial charge in [-0.1, -0.05) is 18.2 Å². The van der Waals surface area contributed by atoms with Crippen molar-refractivity contribution in [3.63, 3.8) is 0 Å². The smallest absolute Gasteiger partial charge is 0.303 e. The summed E-state index contributed by atoms with van der Waals surface area (Å²) in [5.74, 6) is -0.862. The van der Waals surface area contributed by atoms with Gasteiger partial charge in [0.1, 0.15) is 30.3 Å². The third-order valence-electron chi connectivity index (χ3n) is 6.26. The summed E-state index contributed by atoms with van der Waals surface area (Å²) in [6, 6.07) is 10.2. The van der Waals surface area contributed by atoms with E-state index in [1.807, 2.05) is 0 Å². The molecule has 5 atom stereocenters. The summed E-state index contributed by atoms with van der Waals surface area (Å²) in [5, 5.41) is 14.5. The lowest BCUT2D eigenvalue weighted by Gasteiger charge is -2.45. The molecule has 0 amide bonds. The molecular formula is C28H34N2O12.